The van der Waals surface area contributed by atoms with Gasteiger partial charge >= 0.3 is 0 Å². The van der Waals surface area contributed by atoms with Crippen molar-refractivity contribution in [1.29, 1.82) is 0 Å². The number of thioether (sulfide) groups is 1. The highest BCUT2D eigenvalue weighted by molar-refractivity contribution is 7.99. The number of carbonyl (C=O) groups excluding carboxylic acids is 1. The highest BCUT2D eigenvalue weighted by atomic mass is 32.2. The van der Waals surface area contributed by atoms with Crippen LogP contribution in [0.3, 0.4) is 0 Å². The maximum Gasteiger partial charge on any atom is 0.279 e. The van der Waals surface area contributed by atoms with Gasteiger partial charge in [-0.05, 0) is 36.4 Å². The van der Waals surface area contributed by atoms with Crippen LogP contribution in [-0.2, 0) is 7.05 Å². The quantitative estimate of drug-likeness (QED) is 0.658. The van der Waals surface area contributed by atoms with Crippen molar-refractivity contribution < 1.29 is 4.79 Å². The molecule has 0 unspecified atom stereocenters. The Labute approximate surface area is 143 Å². The van der Waals surface area contributed by atoms with Crippen molar-refractivity contribution in [3.8, 4) is 0 Å². The minimum absolute atomic E-state index is 0.201. The predicted octanol–water partition coefficient (Wildman–Crippen LogP) is 4.48. The van der Waals surface area contributed by atoms with Crippen LogP contribution in [0.2, 0.25) is 0 Å². The molecule has 2 aromatic carbocycles. The molecule has 0 saturated carbocycles. The Hall–Kier alpha value is -1.85. The molecule has 0 radical (unpaired) electrons. The van der Waals surface area contributed by atoms with Crippen LogP contribution in [0.1, 0.15) is 24.2 Å². The van der Waals surface area contributed by atoms with E-state index in [2.05, 4.69) is 18.8 Å². The largest absolute Gasteiger partial charge is 0.319 e. The van der Waals surface area contributed by atoms with Gasteiger partial charge in [-0.2, -0.15) is 4.99 Å². The van der Waals surface area contributed by atoms with E-state index in [4.69, 9.17) is 0 Å². The van der Waals surface area contributed by atoms with E-state index in [0.29, 0.717) is 10.8 Å². The van der Waals surface area contributed by atoms with Gasteiger partial charge in [-0.25, -0.2) is 0 Å². The van der Waals surface area contributed by atoms with E-state index < -0.39 is 0 Å². The van der Waals surface area contributed by atoms with Gasteiger partial charge in [0.2, 0.25) is 0 Å². The van der Waals surface area contributed by atoms with Gasteiger partial charge in [-0.1, -0.05) is 37.3 Å². The lowest BCUT2D eigenvalue weighted by atomic mass is 10.2. The second kappa shape index (κ2) is 6.72. The molecule has 0 aliphatic carbocycles. The lowest BCUT2D eigenvalue weighted by Crippen LogP contribution is -2.13. The number of aryl methyl sites for hydroxylation is 1. The number of rotatable bonds is 3. The summed E-state index contributed by atoms with van der Waals surface area (Å²) in [5.74, 6) is -0.201. The number of benzene rings is 2. The number of carbonyl (C=O) groups is 1. The monoisotopic (exact) mass is 342 g/mol. The number of aromatic nitrogens is 1. The number of fused-ring (bicyclic) bond motifs is 1. The van der Waals surface area contributed by atoms with Crippen LogP contribution in [-0.4, -0.2) is 15.7 Å². The van der Waals surface area contributed by atoms with Crippen molar-refractivity contribution in [1.82, 2.24) is 4.57 Å². The molecule has 3 aromatic rings. The molecule has 3 nitrogen and oxygen atoms in total. The summed E-state index contributed by atoms with van der Waals surface area (Å²) in [4.78, 5) is 18.6. The molecule has 0 aliphatic rings. The topological polar surface area (TPSA) is 34.4 Å². The molecule has 1 aromatic heterocycles. The van der Waals surface area contributed by atoms with Crippen molar-refractivity contribution >= 4 is 39.2 Å². The molecule has 0 bridgehead atoms. The molecule has 23 heavy (non-hydrogen) atoms. The second-order valence-corrected chi connectivity index (χ2v) is 8.18. The Balaban J connectivity index is 1.92. The van der Waals surface area contributed by atoms with E-state index in [0.717, 1.165) is 15.0 Å². The van der Waals surface area contributed by atoms with Crippen LogP contribution in [0.4, 0.5) is 0 Å². The lowest BCUT2D eigenvalue weighted by molar-refractivity contribution is 0.0998. The van der Waals surface area contributed by atoms with Crippen LogP contribution in [0.15, 0.2) is 58.4 Å². The normalized spacial score (nSPS) is 12.3. The van der Waals surface area contributed by atoms with Crippen LogP contribution in [0.25, 0.3) is 10.2 Å². The minimum Gasteiger partial charge on any atom is -0.319 e. The Morgan fingerprint density at radius 1 is 1.13 bits per heavy atom. The third kappa shape index (κ3) is 3.57. The van der Waals surface area contributed by atoms with Crippen molar-refractivity contribution in [3.05, 3.63) is 58.9 Å². The fourth-order valence-electron chi connectivity index (χ4n) is 2.29. The van der Waals surface area contributed by atoms with Crippen LogP contribution >= 0.6 is 23.1 Å². The number of para-hydroxylation sites is 1. The van der Waals surface area contributed by atoms with Gasteiger partial charge in [0.25, 0.3) is 5.91 Å². The number of nitrogens with zero attached hydrogens (tertiary/aromatic N) is 2. The first-order valence-corrected chi connectivity index (χ1v) is 9.14. The summed E-state index contributed by atoms with van der Waals surface area (Å²) in [7, 11) is 1.94. The Bertz CT molecular complexity index is 905. The Kier molecular flexibility index (Phi) is 4.68. The zero-order valence-corrected chi connectivity index (χ0v) is 14.9. The fraction of sp³-hybridized carbons (Fsp3) is 0.222. The summed E-state index contributed by atoms with van der Waals surface area (Å²) in [6.07, 6.45) is 0. The standard InChI is InChI=1S/C18H18N2OS2/c1-12(2)22-14-10-8-13(9-11-14)17(21)19-18-20(3)15-6-4-5-7-16(15)23-18/h4-12H,1-3H3. The molecule has 118 valence electrons. The minimum atomic E-state index is -0.201. The van der Waals surface area contributed by atoms with E-state index in [1.165, 1.54) is 16.2 Å². The molecule has 1 heterocycles. The molecule has 0 atom stereocenters. The highest BCUT2D eigenvalue weighted by Crippen LogP contribution is 2.23. The maximum absolute atomic E-state index is 12.4. The van der Waals surface area contributed by atoms with E-state index in [-0.39, 0.29) is 5.91 Å². The average Bonchev–Trinajstić information content (AvgIpc) is 2.84. The number of hydrogen-bond donors (Lipinski definition) is 0. The average molecular weight is 342 g/mol. The summed E-state index contributed by atoms with van der Waals surface area (Å²) >= 11 is 3.31. The van der Waals surface area contributed by atoms with Crippen molar-refractivity contribution in [2.24, 2.45) is 12.0 Å². The van der Waals surface area contributed by atoms with Gasteiger partial charge in [-0.15, -0.1) is 11.8 Å². The first-order chi connectivity index (χ1) is 11.0. The van der Waals surface area contributed by atoms with Crippen LogP contribution in [0, 0.1) is 0 Å². The molecule has 0 aliphatic heterocycles. The summed E-state index contributed by atoms with van der Waals surface area (Å²) in [6.45, 7) is 4.31. The predicted molar refractivity (Wildman–Crippen MR) is 98.1 cm³/mol. The van der Waals surface area contributed by atoms with Gasteiger partial charge < -0.3 is 4.57 Å². The van der Waals surface area contributed by atoms with Gasteiger partial charge in [-0.3, -0.25) is 4.79 Å². The van der Waals surface area contributed by atoms with E-state index in [1.54, 1.807) is 11.8 Å². The van der Waals surface area contributed by atoms with E-state index in [9.17, 15) is 4.79 Å². The molecule has 0 fully saturated rings. The first-order valence-electron chi connectivity index (χ1n) is 7.45. The summed E-state index contributed by atoms with van der Waals surface area (Å²) in [5, 5.41) is 0.527. The van der Waals surface area contributed by atoms with E-state index in [1.807, 2.05) is 60.1 Å². The first kappa shape index (κ1) is 16.0. The van der Waals surface area contributed by atoms with Crippen molar-refractivity contribution in [2.45, 2.75) is 24.0 Å². The number of thiazole rings is 1. The molecular weight excluding hydrogens is 324 g/mol. The van der Waals surface area contributed by atoms with Gasteiger partial charge in [0.1, 0.15) is 0 Å². The SMILES string of the molecule is CC(C)Sc1ccc(C(=O)N=c2sc3ccccc3n2C)cc1. The molecule has 1 amide bonds. The summed E-state index contributed by atoms with van der Waals surface area (Å²) < 4.78 is 3.09. The zero-order valence-electron chi connectivity index (χ0n) is 13.3. The Morgan fingerprint density at radius 2 is 1.83 bits per heavy atom. The maximum atomic E-state index is 12.4. The Morgan fingerprint density at radius 3 is 2.48 bits per heavy atom. The van der Waals surface area contributed by atoms with Crippen molar-refractivity contribution in [2.75, 3.05) is 0 Å². The molecule has 0 saturated heterocycles. The van der Waals surface area contributed by atoms with Gasteiger partial charge in [0.15, 0.2) is 4.80 Å². The van der Waals surface area contributed by atoms with Crippen LogP contribution in [0.5, 0.6) is 0 Å². The number of hydrogen-bond acceptors (Lipinski definition) is 3. The molecule has 0 N–H and O–H groups in total. The van der Waals surface area contributed by atoms with Crippen LogP contribution < -0.4 is 4.80 Å². The third-order valence-electron chi connectivity index (χ3n) is 3.39. The second-order valence-electron chi connectivity index (χ2n) is 5.52. The summed E-state index contributed by atoms with van der Waals surface area (Å²) in [6, 6.07) is 15.7. The molecule has 5 heteroatoms. The summed E-state index contributed by atoms with van der Waals surface area (Å²) in [5.41, 5.74) is 1.71. The zero-order chi connectivity index (χ0) is 16.4. The van der Waals surface area contributed by atoms with Crippen molar-refractivity contribution in [3.63, 3.8) is 0 Å². The highest BCUT2D eigenvalue weighted by Gasteiger charge is 2.07. The van der Waals surface area contributed by atoms with Gasteiger partial charge in [0, 0.05) is 22.8 Å². The fourth-order valence-corrected chi connectivity index (χ4v) is 4.14. The van der Waals surface area contributed by atoms with Gasteiger partial charge in [0.05, 0.1) is 10.2 Å². The molecular formula is C18H18N2OS2. The molecule has 0 spiro atoms. The number of amides is 1. The smallest absolute Gasteiger partial charge is 0.279 e. The molecule has 3 rings (SSSR count). The third-order valence-corrected chi connectivity index (χ3v) is 5.51. The lowest BCUT2D eigenvalue weighted by Gasteiger charge is -2.04. The van der Waals surface area contributed by atoms with E-state index >= 15 is 0 Å².